The summed E-state index contributed by atoms with van der Waals surface area (Å²) in [7, 11) is 0. The molecule has 2 heterocycles. The van der Waals surface area contributed by atoms with E-state index in [0.717, 1.165) is 23.4 Å². The Hall–Kier alpha value is -1.81. The van der Waals surface area contributed by atoms with Crippen molar-refractivity contribution in [1.82, 2.24) is 14.3 Å². The Morgan fingerprint density at radius 3 is 2.85 bits per heavy atom. The van der Waals surface area contributed by atoms with Crippen molar-refractivity contribution in [2.75, 3.05) is 0 Å². The second-order valence-corrected chi connectivity index (χ2v) is 5.16. The lowest BCUT2D eigenvalue weighted by Crippen LogP contribution is -2.07. The molecular formula is C15H15ClFN3. The van der Waals surface area contributed by atoms with Crippen molar-refractivity contribution in [1.29, 1.82) is 0 Å². The van der Waals surface area contributed by atoms with Gasteiger partial charge in [0.05, 0.1) is 28.5 Å². The maximum absolute atomic E-state index is 13.7. The van der Waals surface area contributed by atoms with Gasteiger partial charge in [-0.05, 0) is 32.0 Å². The molecule has 3 aromatic rings. The molecule has 0 aliphatic rings. The second kappa shape index (κ2) is 4.94. The third-order valence-electron chi connectivity index (χ3n) is 3.53. The van der Waals surface area contributed by atoms with Crippen LogP contribution in [-0.4, -0.2) is 14.3 Å². The standard InChI is InChI=1S/C15H15ClFN3/c1-3-20-14(15(16)10(2)18-20)9-19-8-7-11-12(17)5-4-6-13(11)19/h4-8H,3,9H2,1-2H3. The molecule has 0 atom stereocenters. The molecule has 20 heavy (non-hydrogen) atoms. The van der Waals surface area contributed by atoms with Crippen LogP contribution in [0.3, 0.4) is 0 Å². The summed E-state index contributed by atoms with van der Waals surface area (Å²) in [5.74, 6) is -0.201. The Kier molecular flexibility index (Phi) is 3.26. The fourth-order valence-corrected chi connectivity index (χ4v) is 2.70. The molecule has 1 aromatic carbocycles. The van der Waals surface area contributed by atoms with Gasteiger partial charge in [-0.3, -0.25) is 4.68 Å². The van der Waals surface area contributed by atoms with Gasteiger partial charge in [-0.1, -0.05) is 17.7 Å². The summed E-state index contributed by atoms with van der Waals surface area (Å²) >= 11 is 6.32. The third kappa shape index (κ3) is 2.00. The molecule has 0 saturated carbocycles. The minimum Gasteiger partial charge on any atom is -0.341 e. The number of fused-ring (bicyclic) bond motifs is 1. The quantitative estimate of drug-likeness (QED) is 0.715. The summed E-state index contributed by atoms with van der Waals surface area (Å²) in [6.07, 6.45) is 1.88. The van der Waals surface area contributed by atoms with Crippen LogP contribution in [0, 0.1) is 12.7 Å². The zero-order chi connectivity index (χ0) is 14.3. The minimum absolute atomic E-state index is 0.201. The van der Waals surface area contributed by atoms with Crippen LogP contribution < -0.4 is 0 Å². The number of hydrogen-bond acceptors (Lipinski definition) is 1. The number of halogens is 2. The predicted molar refractivity (Wildman–Crippen MR) is 78.6 cm³/mol. The van der Waals surface area contributed by atoms with Crippen molar-refractivity contribution in [2.45, 2.75) is 26.9 Å². The first kappa shape index (κ1) is 13.2. The van der Waals surface area contributed by atoms with Gasteiger partial charge < -0.3 is 4.57 Å². The number of aromatic nitrogens is 3. The van der Waals surface area contributed by atoms with E-state index in [1.54, 1.807) is 12.1 Å². The van der Waals surface area contributed by atoms with Crippen LogP contribution in [0.1, 0.15) is 18.3 Å². The molecule has 0 radical (unpaired) electrons. The van der Waals surface area contributed by atoms with Crippen molar-refractivity contribution in [2.24, 2.45) is 0 Å². The maximum atomic E-state index is 13.7. The molecule has 3 rings (SSSR count). The molecule has 0 aliphatic carbocycles. The van der Waals surface area contributed by atoms with Crippen LogP contribution in [0.25, 0.3) is 10.9 Å². The number of benzene rings is 1. The first-order chi connectivity index (χ1) is 9.61. The van der Waals surface area contributed by atoms with Gasteiger partial charge in [0.2, 0.25) is 0 Å². The number of hydrogen-bond donors (Lipinski definition) is 0. The summed E-state index contributed by atoms with van der Waals surface area (Å²) in [6.45, 7) is 5.27. The van der Waals surface area contributed by atoms with E-state index in [9.17, 15) is 4.39 Å². The van der Waals surface area contributed by atoms with Crippen molar-refractivity contribution in [3.05, 3.63) is 52.7 Å². The van der Waals surface area contributed by atoms with E-state index in [0.29, 0.717) is 17.0 Å². The summed E-state index contributed by atoms with van der Waals surface area (Å²) in [5, 5.41) is 5.72. The lowest BCUT2D eigenvalue weighted by atomic mass is 10.2. The van der Waals surface area contributed by atoms with Gasteiger partial charge in [0.15, 0.2) is 0 Å². The Balaban J connectivity index is 2.08. The lowest BCUT2D eigenvalue weighted by Gasteiger charge is -2.08. The van der Waals surface area contributed by atoms with Crippen LogP contribution in [0.2, 0.25) is 5.02 Å². The average Bonchev–Trinajstić information content (AvgIpc) is 2.96. The van der Waals surface area contributed by atoms with Gasteiger partial charge in [0.25, 0.3) is 0 Å². The highest BCUT2D eigenvalue weighted by molar-refractivity contribution is 6.31. The molecule has 0 saturated heterocycles. The number of rotatable bonds is 3. The molecule has 0 fully saturated rings. The van der Waals surface area contributed by atoms with E-state index in [4.69, 9.17) is 11.6 Å². The molecule has 0 bridgehead atoms. The van der Waals surface area contributed by atoms with Crippen molar-refractivity contribution in [3.63, 3.8) is 0 Å². The Morgan fingerprint density at radius 2 is 2.10 bits per heavy atom. The summed E-state index contributed by atoms with van der Waals surface area (Å²) in [4.78, 5) is 0. The Bertz CT molecular complexity index is 773. The van der Waals surface area contributed by atoms with Gasteiger partial charge in [-0.25, -0.2) is 4.39 Å². The molecule has 0 amide bonds. The minimum atomic E-state index is -0.201. The van der Waals surface area contributed by atoms with Gasteiger partial charge in [0, 0.05) is 18.1 Å². The van der Waals surface area contributed by atoms with Gasteiger partial charge in [-0.2, -0.15) is 5.10 Å². The number of nitrogens with zero attached hydrogens (tertiary/aromatic N) is 3. The largest absolute Gasteiger partial charge is 0.341 e. The van der Waals surface area contributed by atoms with E-state index in [-0.39, 0.29) is 5.82 Å². The molecule has 0 spiro atoms. The molecule has 0 unspecified atom stereocenters. The van der Waals surface area contributed by atoms with Gasteiger partial charge in [0.1, 0.15) is 5.82 Å². The first-order valence-electron chi connectivity index (χ1n) is 6.57. The zero-order valence-electron chi connectivity index (χ0n) is 11.4. The summed E-state index contributed by atoms with van der Waals surface area (Å²) in [5.41, 5.74) is 2.64. The monoisotopic (exact) mass is 291 g/mol. The van der Waals surface area contributed by atoms with Gasteiger partial charge in [-0.15, -0.1) is 0 Å². The fourth-order valence-electron chi connectivity index (χ4n) is 2.51. The molecule has 0 N–H and O–H groups in total. The smallest absolute Gasteiger partial charge is 0.132 e. The van der Waals surface area contributed by atoms with E-state index < -0.39 is 0 Å². The van der Waals surface area contributed by atoms with Crippen molar-refractivity contribution in [3.8, 4) is 0 Å². The van der Waals surface area contributed by atoms with Crippen LogP contribution in [-0.2, 0) is 13.1 Å². The Labute approximate surface area is 121 Å². The normalized spacial score (nSPS) is 11.4. The highest BCUT2D eigenvalue weighted by Gasteiger charge is 2.14. The van der Waals surface area contributed by atoms with E-state index in [1.165, 1.54) is 6.07 Å². The summed E-state index contributed by atoms with van der Waals surface area (Å²) in [6, 6.07) is 6.89. The zero-order valence-corrected chi connectivity index (χ0v) is 12.2. The highest BCUT2D eigenvalue weighted by Crippen LogP contribution is 2.24. The van der Waals surface area contributed by atoms with Gasteiger partial charge >= 0.3 is 0 Å². The van der Waals surface area contributed by atoms with E-state index in [1.807, 2.05) is 35.4 Å². The average molecular weight is 292 g/mol. The maximum Gasteiger partial charge on any atom is 0.132 e. The molecule has 104 valence electrons. The number of aryl methyl sites for hydroxylation is 2. The Morgan fingerprint density at radius 1 is 1.30 bits per heavy atom. The van der Waals surface area contributed by atoms with Crippen LogP contribution in [0.5, 0.6) is 0 Å². The van der Waals surface area contributed by atoms with Crippen LogP contribution >= 0.6 is 11.6 Å². The molecular weight excluding hydrogens is 277 g/mol. The second-order valence-electron chi connectivity index (χ2n) is 4.78. The van der Waals surface area contributed by atoms with Crippen LogP contribution in [0.15, 0.2) is 30.5 Å². The molecule has 3 nitrogen and oxygen atoms in total. The highest BCUT2D eigenvalue weighted by atomic mass is 35.5. The van der Waals surface area contributed by atoms with Crippen molar-refractivity contribution < 1.29 is 4.39 Å². The van der Waals surface area contributed by atoms with Crippen LogP contribution in [0.4, 0.5) is 4.39 Å². The third-order valence-corrected chi connectivity index (χ3v) is 4.03. The van der Waals surface area contributed by atoms with E-state index in [2.05, 4.69) is 5.10 Å². The lowest BCUT2D eigenvalue weighted by molar-refractivity contribution is 0.601. The topological polar surface area (TPSA) is 22.8 Å². The molecule has 0 aliphatic heterocycles. The first-order valence-corrected chi connectivity index (χ1v) is 6.94. The predicted octanol–water partition coefficient (Wildman–Crippen LogP) is 4.01. The SMILES string of the molecule is CCn1nc(C)c(Cl)c1Cn1ccc2c(F)cccc21. The molecule has 5 heteroatoms. The fraction of sp³-hybridized carbons (Fsp3) is 0.267. The van der Waals surface area contributed by atoms with E-state index >= 15 is 0 Å². The summed E-state index contributed by atoms with van der Waals surface area (Å²) < 4.78 is 17.6. The molecule has 2 aromatic heterocycles. The van der Waals surface area contributed by atoms with Crippen molar-refractivity contribution >= 4 is 22.5 Å².